The molecule has 6 aromatic heterocycles. The van der Waals surface area contributed by atoms with Crippen LogP contribution in [-0.2, 0) is 0 Å². The van der Waals surface area contributed by atoms with Crippen molar-refractivity contribution in [1.82, 2.24) is 24.1 Å². The molecule has 0 N–H and O–H groups in total. The van der Waals surface area contributed by atoms with Gasteiger partial charge in [0, 0.05) is 56.6 Å². The molecule has 0 bridgehead atoms. The highest BCUT2D eigenvalue weighted by molar-refractivity contribution is 6.13. The van der Waals surface area contributed by atoms with Crippen LogP contribution in [0.3, 0.4) is 0 Å². The molecular formula is C39H23N5O. The number of rotatable bonds is 3. The zero-order valence-electron chi connectivity index (χ0n) is 23.9. The van der Waals surface area contributed by atoms with Crippen molar-refractivity contribution >= 4 is 65.9 Å². The minimum absolute atomic E-state index is 0.812. The van der Waals surface area contributed by atoms with E-state index in [1.807, 2.05) is 42.9 Å². The van der Waals surface area contributed by atoms with Crippen LogP contribution >= 0.6 is 0 Å². The highest BCUT2D eigenvalue weighted by Crippen LogP contribution is 2.39. The maximum Gasteiger partial charge on any atom is 0.159 e. The molecule has 4 aromatic carbocycles. The maximum absolute atomic E-state index is 6.59. The zero-order valence-corrected chi connectivity index (χ0v) is 23.9. The van der Waals surface area contributed by atoms with Crippen molar-refractivity contribution in [2.24, 2.45) is 0 Å². The summed E-state index contributed by atoms with van der Waals surface area (Å²) in [7, 11) is 0. The Labute approximate surface area is 256 Å². The van der Waals surface area contributed by atoms with Crippen molar-refractivity contribution in [3.63, 3.8) is 0 Å². The molecule has 0 fully saturated rings. The molecular weight excluding hydrogens is 554 g/mol. The van der Waals surface area contributed by atoms with Gasteiger partial charge in [0.2, 0.25) is 0 Å². The Bertz CT molecular complexity index is 2720. The number of benzene rings is 4. The lowest BCUT2D eigenvalue weighted by atomic mass is 10.0. The predicted octanol–water partition coefficient (Wildman–Crippen LogP) is 9.63. The third kappa shape index (κ3) is 3.42. The first-order valence-electron chi connectivity index (χ1n) is 14.9. The van der Waals surface area contributed by atoms with Gasteiger partial charge in [0.15, 0.2) is 5.58 Å². The second-order valence-electron chi connectivity index (χ2n) is 11.3. The molecule has 10 aromatic rings. The number of aromatic nitrogens is 5. The third-order valence-electron chi connectivity index (χ3n) is 8.88. The second-order valence-corrected chi connectivity index (χ2v) is 11.3. The summed E-state index contributed by atoms with van der Waals surface area (Å²) in [6.45, 7) is 0. The van der Waals surface area contributed by atoms with Crippen molar-refractivity contribution in [1.29, 1.82) is 0 Å². The Kier molecular flexibility index (Phi) is 4.90. The molecule has 0 amide bonds. The van der Waals surface area contributed by atoms with Crippen LogP contribution < -0.4 is 0 Å². The van der Waals surface area contributed by atoms with E-state index in [9.17, 15) is 0 Å². The SMILES string of the molecule is c1ccc(-n2c3ccc(-c4ccc5oc6c(-n7c8ncccc8c8cccnc87)cccc6c5c4)cc3c3cccnc32)cc1. The molecule has 210 valence electrons. The molecule has 45 heavy (non-hydrogen) atoms. The molecule has 6 heterocycles. The summed E-state index contributed by atoms with van der Waals surface area (Å²) < 4.78 is 10.9. The van der Waals surface area contributed by atoms with E-state index in [4.69, 9.17) is 19.4 Å². The topological polar surface area (TPSA) is 61.7 Å². The van der Waals surface area contributed by atoms with E-state index in [1.165, 1.54) is 5.39 Å². The van der Waals surface area contributed by atoms with Crippen LogP contribution in [0.5, 0.6) is 0 Å². The predicted molar refractivity (Wildman–Crippen MR) is 181 cm³/mol. The van der Waals surface area contributed by atoms with Gasteiger partial charge in [0.05, 0.1) is 11.2 Å². The van der Waals surface area contributed by atoms with Crippen molar-refractivity contribution in [2.75, 3.05) is 0 Å². The van der Waals surface area contributed by atoms with Gasteiger partial charge < -0.3 is 4.42 Å². The van der Waals surface area contributed by atoms with E-state index in [0.717, 1.165) is 83.1 Å². The van der Waals surface area contributed by atoms with Gasteiger partial charge in [-0.25, -0.2) is 15.0 Å². The van der Waals surface area contributed by atoms with E-state index in [1.54, 1.807) is 0 Å². The van der Waals surface area contributed by atoms with Gasteiger partial charge in [-0.15, -0.1) is 0 Å². The zero-order chi connectivity index (χ0) is 29.5. The van der Waals surface area contributed by atoms with E-state index in [2.05, 4.69) is 106 Å². The molecule has 0 atom stereocenters. The van der Waals surface area contributed by atoms with Crippen LogP contribution in [0.1, 0.15) is 0 Å². The van der Waals surface area contributed by atoms with Gasteiger partial charge in [0.1, 0.15) is 22.5 Å². The fourth-order valence-corrected chi connectivity index (χ4v) is 6.90. The van der Waals surface area contributed by atoms with Crippen LogP contribution in [0.2, 0.25) is 0 Å². The number of nitrogens with zero attached hydrogens (tertiary/aromatic N) is 5. The highest BCUT2D eigenvalue weighted by Gasteiger charge is 2.19. The van der Waals surface area contributed by atoms with Gasteiger partial charge in [-0.05, 0) is 90.0 Å². The number of pyridine rings is 3. The normalized spacial score (nSPS) is 12.0. The summed E-state index contributed by atoms with van der Waals surface area (Å²) in [5.74, 6) is 0. The lowest BCUT2D eigenvalue weighted by molar-refractivity contribution is 0.666. The van der Waals surface area contributed by atoms with Crippen molar-refractivity contribution in [2.45, 2.75) is 0 Å². The standard InChI is InChI=1S/C39H23N5O/c1-2-8-26(9-3-1)43-33-17-15-24(22-31(33)30-13-7-19-40-37(30)43)25-16-18-35-32(23-25)27-10-4-14-34(36(27)45-35)44-38-28(11-5-20-41-38)29-12-6-21-42-39(29)44/h1-23H. The monoisotopic (exact) mass is 577 g/mol. The van der Waals surface area contributed by atoms with Gasteiger partial charge >= 0.3 is 0 Å². The summed E-state index contributed by atoms with van der Waals surface area (Å²) in [6, 6.07) is 42.1. The first kappa shape index (κ1) is 24.2. The molecule has 0 aliphatic rings. The third-order valence-corrected chi connectivity index (χ3v) is 8.88. The van der Waals surface area contributed by atoms with Crippen LogP contribution in [0.4, 0.5) is 0 Å². The molecule has 6 heteroatoms. The molecule has 0 unspecified atom stereocenters. The molecule has 10 rings (SSSR count). The molecule has 0 saturated carbocycles. The maximum atomic E-state index is 6.59. The fourth-order valence-electron chi connectivity index (χ4n) is 6.90. The number of fused-ring (bicyclic) bond motifs is 9. The molecule has 0 spiro atoms. The van der Waals surface area contributed by atoms with Crippen LogP contribution in [0.25, 0.3) is 88.4 Å². The average molecular weight is 578 g/mol. The Morgan fingerprint density at radius 3 is 1.76 bits per heavy atom. The molecule has 0 aliphatic heterocycles. The summed E-state index contributed by atoms with van der Waals surface area (Å²) in [5, 5.41) is 6.55. The number of hydrogen-bond donors (Lipinski definition) is 0. The van der Waals surface area contributed by atoms with Crippen LogP contribution in [0.15, 0.2) is 144 Å². The smallest absolute Gasteiger partial charge is 0.159 e. The lowest BCUT2D eigenvalue weighted by Crippen LogP contribution is -1.96. The van der Waals surface area contributed by atoms with Gasteiger partial charge in [-0.2, -0.15) is 0 Å². The Balaban J connectivity index is 1.18. The largest absolute Gasteiger partial charge is 0.454 e. The summed E-state index contributed by atoms with van der Waals surface area (Å²) in [5.41, 5.74) is 9.74. The summed E-state index contributed by atoms with van der Waals surface area (Å²) >= 11 is 0. The minimum Gasteiger partial charge on any atom is -0.454 e. The summed E-state index contributed by atoms with van der Waals surface area (Å²) in [4.78, 5) is 14.3. The fraction of sp³-hybridized carbons (Fsp3) is 0. The van der Waals surface area contributed by atoms with Crippen molar-refractivity contribution in [3.05, 3.63) is 140 Å². The van der Waals surface area contributed by atoms with Crippen molar-refractivity contribution < 1.29 is 4.42 Å². The van der Waals surface area contributed by atoms with Crippen LogP contribution in [-0.4, -0.2) is 24.1 Å². The molecule has 6 nitrogen and oxygen atoms in total. The quantitative estimate of drug-likeness (QED) is 0.210. The first-order chi connectivity index (χ1) is 22.3. The van der Waals surface area contributed by atoms with Crippen LogP contribution in [0, 0.1) is 0 Å². The number of hydrogen-bond acceptors (Lipinski definition) is 4. The van der Waals surface area contributed by atoms with Gasteiger partial charge in [-0.3, -0.25) is 9.13 Å². The molecule has 0 aliphatic carbocycles. The van der Waals surface area contributed by atoms with E-state index >= 15 is 0 Å². The average Bonchev–Trinajstić information content (AvgIpc) is 3.76. The Morgan fingerprint density at radius 1 is 0.444 bits per heavy atom. The van der Waals surface area contributed by atoms with Gasteiger partial charge in [0.25, 0.3) is 0 Å². The van der Waals surface area contributed by atoms with E-state index in [-0.39, 0.29) is 0 Å². The lowest BCUT2D eigenvalue weighted by Gasteiger charge is -2.07. The second kappa shape index (κ2) is 9.11. The van der Waals surface area contributed by atoms with Crippen molar-refractivity contribution in [3.8, 4) is 22.5 Å². The Morgan fingerprint density at radius 2 is 1.04 bits per heavy atom. The van der Waals surface area contributed by atoms with Gasteiger partial charge in [-0.1, -0.05) is 42.5 Å². The Hall–Kier alpha value is -6.27. The number of para-hydroxylation sites is 2. The van der Waals surface area contributed by atoms with E-state index in [0.29, 0.717) is 0 Å². The minimum atomic E-state index is 0.812. The first-order valence-corrected chi connectivity index (χ1v) is 14.9. The van der Waals surface area contributed by atoms with E-state index < -0.39 is 0 Å². The molecule has 0 saturated heterocycles. The highest BCUT2D eigenvalue weighted by atomic mass is 16.3. The number of furan rings is 1. The summed E-state index contributed by atoms with van der Waals surface area (Å²) in [6.07, 6.45) is 5.51. The molecule has 0 radical (unpaired) electrons.